The molecule has 0 saturated carbocycles. The number of ether oxygens (including phenoxy) is 1. The molecule has 3 nitrogen and oxygen atoms in total. The molecule has 0 fully saturated rings. The van der Waals surface area contributed by atoms with E-state index in [0.29, 0.717) is 20.3 Å². The van der Waals surface area contributed by atoms with Gasteiger partial charge in [-0.2, -0.15) is 0 Å². The summed E-state index contributed by atoms with van der Waals surface area (Å²) in [5.74, 6) is -0.580. The Morgan fingerprint density at radius 1 is 1.25 bits per heavy atom. The molecule has 0 heterocycles. The molecule has 0 atom stereocenters. The molecule has 0 amide bonds. The molecule has 6 heteroatoms. The summed E-state index contributed by atoms with van der Waals surface area (Å²) in [5.41, 5.74) is 0.882. The number of carbonyl (C=O) groups is 1. The van der Waals surface area contributed by atoms with Crippen LogP contribution in [0.3, 0.4) is 0 Å². The highest BCUT2D eigenvalue weighted by atomic mass is 79.9. The van der Waals surface area contributed by atoms with Crippen LogP contribution in [0.4, 0.5) is 0 Å². The number of carboxylic acids is 1. The third kappa shape index (κ3) is 3.45. The Bertz CT molecular complexity index is 659. The van der Waals surface area contributed by atoms with Crippen LogP contribution in [0.2, 0.25) is 10.0 Å². The van der Waals surface area contributed by atoms with E-state index in [4.69, 9.17) is 33.0 Å². The summed E-state index contributed by atoms with van der Waals surface area (Å²) >= 11 is 15.3. The van der Waals surface area contributed by atoms with Crippen molar-refractivity contribution >= 4 is 45.1 Å². The molecule has 0 aromatic heterocycles. The monoisotopic (exact) mass is 374 g/mol. The smallest absolute Gasteiger partial charge is 0.335 e. The molecular formula is C14H9BrCl2O3. The number of hydrogen-bond acceptors (Lipinski definition) is 2. The molecule has 20 heavy (non-hydrogen) atoms. The van der Waals surface area contributed by atoms with E-state index >= 15 is 0 Å². The predicted octanol–water partition coefficient (Wildman–Crippen LogP) is 5.03. The molecule has 2 rings (SSSR count). The van der Waals surface area contributed by atoms with Gasteiger partial charge in [0, 0.05) is 5.56 Å². The summed E-state index contributed by atoms with van der Waals surface area (Å²) < 4.78 is 6.26. The fourth-order valence-electron chi connectivity index (χ4n) is 1.56. The molecule has 2 aromatic carbocycles. The van der Waals surface area contributed by atoms with Crippen molar-refractivity contribution in [1.29, 1.82) is 0 Å². The number of carboxylic acid groups (broad SMARTS) is 1. The summed E-state index contributed by atoms with van der Waals surface area (Å²) in [6, 6.07) is 9.82. The van der Waals surface area contributed by atoms with Gasteiger partial charge in [-0.05, 0) is 40.2 Å². The first-order valence-electron chi connectivity index (χ1n) is 5.57. The van der Waals surface area contributed by atoms with E-state index in [0.717, 1.165) is 5.56 Å². The summed E-state index contributed by atoms with van der Waals surface area (Å²) in [6.07, 6.45) is 0. The fraction of sp³-hybridized carbons (Fsp3) is 0.0714. The van der Waals surface area contributed by atoms with Crippen molar-refractivity contribution in [3.8, 4) is 5.75 Å². The lowest BCUT2D eigenvalue weighted by molar-refractivity contribution is 0.0696. The first-order valence-corrected chi connectivity index (χ1v) is 7.12. The van der Waals surface area contributed by atoms with Crippen molar-refractivity contribution in [2.75, 3.05) is 0 Å². The zero-order valence-corrected chi connectivity index (χ0v) is 13.2. The second-order valence-electron chi connectivity index (χ2n) is 3.95. The van der Waals surface area contributed by atoms with Crippen molar-refractivity contribution in [3.05, 3.63) is 62.0 Å². The molecule has 0 radical (unpaired) electrons. The summed E-state index contributed by atoms with van der Waals surface area (Å²) in [7, 11) is 0. The highest BCUT2D eigenvalue weighted by molar-refractivity contribution is 9.10. The summed E-state index contributed by atoms with van der Waals surface area (Å²) in [4.78, 5) is 10.9. The maximum Gasteiger partial charge on any atom is 0.335 e. The molecule has 0 spiro atoms. The molecule has 104 valence electrons. The quantitative estimate of drug-likeness (QED) is 0.814. The highest BCUT2D eigenvalue weighted by Gasteiger charge is 2.10. The van der Waals surface area contributed by atoms with Gasteiger partial charge in [0.2, 0.25) is 0 Å². The van der Waals surface area contributed by atoms with Crippen LogP contribution in [0, 0.1) is 0 Å². The highest BCUT2D eigenvalue weighted by Crippen LogP contribution is 2.30. The van der Waals surface area contributed by atoms with Gasteiger partial charge >= 0.3 is 5.97 Å². The molecule has 0 aliphatic rings. The van der Waals surface area contributed by atoms with Crippen LogP contribution in [0.1, 0.15) is 15.9 Å². The van der Waals surface area contributed by atoms with E-state index in [-0.39, 0.29) is 12.2 Å². The van der Waals surface area contributed by atoms with Crippen LogP contribution in [0.25, 0.3) is 0 Å². The van der Waals surface area contributed by atoms with Crippen LogP contribution in [0.15, 0.2) is 40.9 Å². The van der Waals surface area contributed by atoms with Gasteiger partial charge in [-0.25, -0.2) is 4.79 Å². The largest absolute Gasteiger partial charge is 0.488 e. The third-order valence-electron chi connectivity index (χ3n) is 2.59. The molecule has 0 aliphatic carbocycles. The number of hydrogen-bond donors (Lipinski definition) is 1. The second-order valence-corrected chi connectivity index (χ2v) is 5.59. The van der Waals surface area contributed by atoms with Gasteiger partial charge in [-0.15, -0.1) is 0 Å². The first kappa shape index (κ1) is 15.2. The van der Waals surface area contributed by atoms with Gasteiger partial charge in [0.05, 0.1) is 20.1 Å². The van der Waals surface area contributed by atoms with Crippen molar-refractivity contribution in [3.63, 3.8) is 0 Å². The molecule has 0 bridgehead atoms. The van der Waals surface area contributed by atoms with Crippen LogP contribution in [0.5, 0.6) is 5.75 Å². The van der Waals surface area contributed by atoms with E-state index < -0.39 is 5.97 Å². The lowest BCUT2D eigenvalue weighted by atomic mass is 10.2. The maximum atomic E-state index is 10.9. The fourth-order valence-corrected chi connectivity index (χ4v) is 2.30. The van der Waals surface area contributed by atoms with Gasteiger partial charge in [-0.1, -0.05) is 35.3 Å². The molecule has 2 aromatic rings. The van der Waals surface area contributed by atoms with Crippen LogP contribution >= 0.6 is 39.1 Å². The second kappa shape index (κ2) is 6.48. The SMILES string of the molecule is O=C(O)c1ccc(Br)c(OCc2cccc(Cl)c2Cl)c1. The molecule has 0 saturated heterocycles. The van der Waals surface area contributed by atoms with Crippen molar-refractivity contribution < 1.29 is 14.6 Å². The molecule has 0 aliphatic heterocycles. The average molecular weight is 376 g/mol. The summed E-state index contributed by atoms with van der Waals surface area (Å²) in [5, 5.41) is 9.84. The third-order valence-corrected chi connectivity index (χ3v) is 4.11. The van der Waals surface area contributed by atoms with Crippen molar-refractivity contribution in [2.24, 2.45) is 0 Å². The topological polar surface area (TPSA) is 46.5 Å². The summed E-state index contributed by atoms with van der Waals surface area (Å²) in [6.45, 7) is 0.196. The Morgan fingerprint density at radius 3 is 2.70 bits per heavy atom. The van der Waals surface area contributed by atoms with Gasteiger partial charge in [0.25, 0.3) is 0 Å². The van der Waals surface area contributed by atoms with Crippen LogP contribution in [-0.4, -0.2) is 11.1 Å². The van der Waals surface area contributed by atoms with Crippen molar-refractivity contribution in [2.45, 2.75) is 6.61 Å². The van der Waals surface area contributed by atoms with Gasteiger partial charge in [0.15, 0.2) is 0 Å². The normalized spacial score (nSPS) is 10.3. The van der Waals surface area contributed by atoms with E-state index in [1.54, 1.807) is 24.3 Å². The van der Waals surface area contributed by atoms with E-state index in [2.05, 4.69) is 15.9 Å². The van der Waals surface area contributed by atoms with Crippen LogP contribution < -0.4 is 4.74 Å². The Labute approximate surface area is 134 Å². The van der Waals surface area contributed by atoms with Gasteiger partial charge in [-0.3, -0.25) is 0 Å². The average Bonchev–Trinajstić information content (AvgIpc) is 2.41. The zero-order chi connectivity index (χ0) is 14.7. The lowest BCUT2D eigenvalue weighted by Crippen LogP contribution is -2.00. The lowest BCUT2D eigenvalue weighted by Gasteiger charge is -2.10. The minimum atomic E-state index is -1.01. The Morgan fingerprint density at radius 2 is 2.00 bits per heavy atom. The minimum absolute atomic E-state index is 0.153. The predicted molar refractivity (Wildman–Crippen MR) is 81.9 cm³/mol. The molecular weight excluding hydrogens is 367 g/mol. The molecule has 1 N–H and O–H groups in total. The first-order chi connectivity index (χ1) is 9.49. The zero-order valence-electron chi connectivity index (χ0n) is 10.1. The van der Waals surface area contributed by atoms with Crippen molar-refractivity contribution in [1.82, 2.24) is 0 Å². The number of aromatic carboxylic acids is 1. The Hall–Kier alpha value is -1.23. The standard InChI is InChI=1S/C14H9BrCl2O3/c15-10-5-4-8(14(18)19)6-12(10)20-7-9-2-1-3-11(16)13(9)17/h1-6H,7H2,(H,18,19). The minimum Gasteiger partial charge on any atom is -0.488 e. The number of halogens is 3. The van der Waals surface area contributed by atoms with E-state index in [1.165, 1.54) is 12.1 Å². The number of rotatable bonds is 4. The Kier molecular flexibility index (Phi) is 4.91. The van der Waals surface area contributed by atoms with Gasteiger partial charge < -0.3 is 9.84 Å². The Balaban J connectivity index is 2.20. The van der Waals surface area contributed by atoms with Crippen LogP contribution in [-0.2, 0) is 6.61 Å². The molecule has 0 unspecified atom stereocenters. The van der Waals surface area contributed by atoms with E-state index in [1.807, 2.05) is 0 Å². The van der Waals surface area contributed by atoms with E-state index in [9.17, 15) is 4.79 Å². The van der Waals surface area contributed by atoms with Gasteiger partial charge in [0.1, 0.15) is 12.4 Å². The number of benzene rings is 2. The maximum absolute atomic E-state index is 10.9.